The van der Waals surface area contributed by atoms with Crippen LogP contribution in [-0.2, 0) is 22.4 Å². The first-order chi connectivity index (χ1) is 10.7. The van der Waals surface area contributed by atoms with Crippen LogP contribution in [0.3, 0.4) is 0 Å². The third kappa shape index (κ3) is 7.02. The lowest BCUT2D eigenvalue weighted by atomic mass is 10.1. The molecule has 0 aliphatic carbocycles. The Balaban J connectivity index is 2.18. The first kappa shape index (κ1) is 19.3. The van der Waals surface area contributed by atoms with Crippen molar-refractivity contribution in [1.29, 1.82) is 0 Å². The van der Waals surface area contributed by atoms with Crippen LogP contribution in [0.2, 0.25) is 0 Å². The van der Waals surface area contributed by atoms with Crippen LogP contribution in [0, 0.1) is 0 Å². The second-order valence-corrected chi connectivity index (χ2v) is 5.75. The number of hydrogen-bond donors (Lipinski definition) is 2. The van der Waals surface area contributed by atoms with Crippen LogP contribution in [0.4, 0.5) is 5.82 Å². The van der Waals surface area contributed by atoms with Crippen LogP contribution in [-0.4, -0.2) is 37.6 Å². The molecule has 1 rings (SSSR count). The Morgan fingerprint density at radius 2 is 2.18 bits per heavy atom. The zero-order valence-corrected chi connectivity index (χ0v) is 15.6. The van der Waals surface area contributed by atoms with E-state index < -0.39 is 0 Å². The van der Waals surface area contributed by atoms with Crippen LogP contribution in [0.1, 0.15) is 37.4 Å². The van der Waals surface area contributed by atoms with Gasteiger partial charge in [0.1, 0.15) is 12.1 Å². The number of aromatic nitrogens is 1. The molecule has 1 aromatic heterocycles. The molecule has 1 unspecified atom stereocenters. The van der Waals surface area contributed by atoms with Gasteiger partial charge in [0, 0.05) is 48.8 Å². The minimum Gasteiger partial charge on any atom is -0.381 e. The molecule has 0 aliphatic rings. The zero-order valence-electron chi connectivity index (χ0n) is 13.4. The van der Waals surface area contributed by atoms with Gasteiger partial charge in [0.05, 0.1) is 6.04 Å². The van der Waals surface area contributed by atoms with Crippen molar-refractivity contribution in [2.75, 3.05) is 25.6 Å². The molecule has 0 aliphatic heterocycles. The van der Waals surface area contributed by atoms with Gasteiger partial charge < -0.3 is 14.8 Å². The van der Waals surface area contributed by atoms with E-state index in [0.717, 1.165) is 56.5 Å². The highest BCUT2D eigenvalue weighted by molar-refractivity contribution is 14.1. The Bertz CT molecular complexity index is 443. The Kier molecular flexibility index (Phi) is 10.3. The van der Waals surface area contributed by atoms with Crippen molar-refractivity contribution in [3.63, 3.8) is 0 Å². The van der Waals surface area contributed by atoms with Gasteiger partial charge >= 0.3 is 0 Å². The smallest absolute Gasteiger partial charge is 0.137 e. The number of anilines is 1. The van der Waals surface area contributed by atoms with Gasteiger partial charge in [-0.3, -0.25) is 3.53 Å². The van der Waals surface area contributed by atoms with E-state index in [-0.39, 0.29) is 6.04 Å². The van der Waals surface area contributed by atoms with E-state index >= 15 is 0 Å². The molecule has 0 bridgehead atoms. The van der Waals surface area contributed by atoms with E-state index in [1.165, 1.54) is 5.56 Å². The molecule has 1 aromatic rings. The number of hydrogen-bond acceptors (Lipinski definition) is 5. The van der Waals surface area contributed by atoms with E-state index in [1.807, 2.05) is 29.9 Å². The molecule has 0 aromatic carbocycles. The highest BCUT2D eigenvalue weighted by Gasteiger charge is 2.04. The first-order valence-corrected chi connectivity index (χ1v) is 8.88. The molecule has 1 heterocycles. The fraction of sp³-hybridized carbons (Fsp3) is 0.625. The van der Waals surface area contributed by atoms with Crippen molar-refractivity contribution in [3.8, 4) is 0 Å². The maximum Gasteiger partial charge on any atom is 0.137 e. The maximum absolute atomic E-state index is 10.6. The number of nitrogens with one attached hydrogen (secondary N) is 2. The molecule has 2 N–H and O–H groups in total. The average molecular weight is 419 g/mol. The average Bonchev–Trinajstić information content (AvgIpc) is 2.57. The number of aldehydes is 1. The fourth-order valence-corrected chi connectivity index (χ4v) is 2.60. The summed E-state index contributed by atoms with van der Waals surface area (Å²) in [4.78, 5) is 15.3. The minimum absolute atomic E-state index is 0.109. The van der Waals surface area contributed by atoms with Gasteiger partial charge in [-0.2, -0.15) is 0 Å². The van der Waals surface area contributed by atoms with E-state index in [4.69, 9.17) is 4.74 Å². The molecule has 0 saturated carbocycles. The van der Waals surface area contributed by atoms with Gasteiger partial charge in [-0.05, 0) is 43.7 Å². The number of aryl methyl sites for hydroxylation is 2. The van der Waals surface area contributed by atoms with Crippen molar-refractivity contribution in [2.24, 2.45) is 0 Å². The van der Waals surface area contributed by atoms with Crippen molar-refractivity contribution in [3.05, 3.63) is 23.4 Å². The lowest BCUT2D eigenvalue weighted by molar-refractivity contribution is -0.109. The SMILES string of the molecule is CCc1ccc(CCCCOCCC(C=O)NI)nc1NC. The quantitative estimate of drug-likeness (QED) is 0.236. The molecule has 1 atom stereocenters. The number of carbonyl (C=O) groups excluding carboxylic acids is 1. The number of halogens is 1. The fourth-order valence-electron chi connectivity index (χ4n) is 2.14. The normalized spacial score (nSPS) is 12.1. The Morgan fingerprint density at radius 1 is 1.36 bits per heavy atom. The van der Waals surface area contributed by atoms with Crippen LogP contribution in [0.5, 0.6) is 0 Å². The van der Waals surface area contributed by atoms with E-state index in [1.54, 1.807) is 0 Å². The van der Waals surface area contributed by atoms with Gasteiger partial charge in [0.15, 0.2) is 0 Å². The first-order valence-electron chi connectivity index (χ1n) is 7.80. The zero-order chi connectivity index (χ0) is 16.2. The highest BCUT2D eigenvalue weighted by atomic mass is 127. The van der Waals surface area contributed by atoms with Crippen molar-refractivity contribution in [1.82, 2.24) is 8.51 Å². The molecular formula is C16H26IN3O2. The molecular weight excluding hydrogens is 393 g/mol. The minimum atomic E-state index is -0.109. The summed E-state index contributed by atoms with van der Waals surface area (Å²) in [5.74, 6) is 0.988. The van der Waals surface area contributed by atoms with E-state index in [9.17, 15) is 4.79 Å². The second kappa shape index (κ2) is 11.8. The molecule has 5 nitrogen and oxygen atoms in total. The van der Waals surface area contributed by atoms with Gasteiger partial charge in [-0.25, -0.2) is 4.98 Å². The van der Waals surface area contributed by atoms with Gasteiger partial charge in [0.25, 0.3) is 0 Å². The summed E-state index contributed by atoms with van der Waals surface area (Å²) in [6.45, 7) is 3.49. The van der Waals surface area contributed by atoms with Gasteiger partial charge in [0.2, 0.25) is 0 Å². The summed E-state index contributed by atoms with van der Waals surface area (Å²) < 4.78 is 8.46. The molecule has 124 valence electrons. The van der Waals surface area contributed by atoms with Gasteiger partial charge in [-0.15, -0.1) is 0 Å². The number of unbranched alkanes of at least 4 members (excludes halogenated alkanes) is 1. The number of ether oxygens (including phenoxy) is 1. The summed E-state index contributed by atoms with van der Waals surface area (Å²) in [6, 6.07) is 4.16. The Labute approximate surface area is 147 Å². The predicted molar refractivity (Wildman–Crippen MR) is 98.5 cm³/mol. The van der Waals surface area contributed by atoms with Crippen molar-refractivity contribution >= 4 is 35.0 Å². The van der Waals surface area contributed by atoms with Crippen LogP contribution in [0.25, 0.3) is 0 Å². The van der Waals surface area contributed by atoms with Crippen molar-refractivity contribution < 1.29 is 9.53 Å². The summed E-state index contributed by atoms with van der Waals surface area (Å²) >= 11 is 1.99. The molecule has 0 saturated heterocycles. The molecule has 0 radical (unpaired) electrons. The number of nitrogens with zero attached hydrogens (tertiary/aromatic N) is 1. The Morgan fingerprint density at radius 3 is 2.82 bits per heavy atom. The number of rotatable bonds is 12. The van der Waals surface area contributed by atoms with Crippen LogP contribution in [0.15, 0.2) is 12.1 Å². The standard InChI is InChI=1S/C16H26IN3O2/c1-3-13-7-8-14(19-16(13)18-2)6-4-5-10-22-11-9-15(12-21)20-17/h7-8,12,15,20H,3-6,9-11H2,1-2H3,(H,18,19). The largest absolute Gasteiger partial charge is 0.381 e. The topological polar surface area (TPSA) is 63.2 Å². The third-order valence-electron chi connectivity index (χ3n) is 3.50. The third-order valence-corrected chi connectivity index (χ3v) is 4.30. The maximum atomic E-state index is 10.6. The van der Waals surface area contributed by atoms with Crippen LogP contribution >= 0.6 is 22.9 Å². The lowest BCUT2D eigenvalue weighted by Gasteiger charge is -2.10. The lowest BCUT2D eigenvalue weighted by Crippen LogP contribution is -2.23. The van der Waals surface area contributed by atoms with Crippen molar-refractivity contribution in [2.45, 2.75) is 45.1 Å². The second-order valence-electron chi connectivity index (χ2n) is 5.12. The summed E-state index contributed by atoms with van der Waals surface area (Å²) in [6.07, 6.45) is 5.66. The molecule has 22 heavy (non-hydrogen) atoms. The monoisotopic (exact) mass is 419 g/mol. The summed E-state index contributed by atoms with van der Waals surface area (Å²) in [5.41, 5.74) is 2.37. The van der Waals surface area contributed by atoms with E-state index in [2.05, 4.69) is 32.9 Å². The predicted octanol–water partition coefficient (Wildman–Crippen LogP) is 2.92. The summed E-state index contributed by atoms with van der Waals surface area (Å²) in [7, 11) is 1.91. The van der Waals surface area contributed by atoms with Crippen LogP contribution < -0.4 is 8.85 Å². The molecule has 0 spiro atoms. The number of pyridine rings is 1. The number of carbonyl (C=O) groups is 1. The molecule has 0 fully saturated rings. The Hall–Kier alpha value is -0.730. The highest BCUT2D eigenvalue weighted by Crippen LogP contribution is 2.15. The molecule has 6 heteroatoms. The summed E-state index contributed by atoms with van der Waals surface area (Å²) in [5, 5.41) is 3.16. The van der Waals surface area contributed by atoms with Gasteiger partial charge in [-0.1, -0.05) is 13.0 Å². The van der Waals surface area contributed by atoms with E-state index in [0.29, 0.717) is 6.61 Å². The molecule has 0 amide bonds.